The molecular formula is C3H2BrClF4. The lowest BCUT2D eigenvalue weighted by Gasteiger charge is -2.18. The van der Waals surface area contributed by atoms with Gasteiger partial charge in [0.05, 0.1) is 0 Å². The molecule has 0 radical (unpaired) electrons. The van der Waals surface area contributed by atoms with E-state index in [1.807, 2.05) is 0 Å². The highest BCUT2D eigenvalue weighted by atomic mass is 79.9. The maximum absolute atomic E-state index is 11.9. The lowest BCUT2D eigenvalue weighted by atomic mass is 10.4. The summed E-state index contributed by atoms with van der Waals surface area (Å²) < 4.78 is 43.0. The minimum absolute atomic E-state index is 1.77. The van der Waals surface area contributed by atoms with Gasteiger partial charge in [0.1, 0.15) is 0 Å². The van der Waals surface area contributed by atoms with E-state index < -0.39 is 16.6 Å². The van der Waals surface area contributed by atoms with Gasteiger partial charge in [0.2, 0.25) is 0 Å². The van der Waals surface area contributed by atoms with Crippen LogP contribution in [0, 0.1) is 0 Å². The maximum atomic E-state index is 11.9. The van der Waals surface area contributed by atoms with E-state index in [0.29, 0.717) is 0 Å². The SMILES string of the molecule is FCC(F)(F)C(F)(Cl)Br. The summed E-state index contributed by atoms with van der Waals surface area (Å²) in [6.07, 6.45) is 0. The Labute approximate surface area is 62.3 Å². The Bertz CT molecular complexity index is 98.5. The average molecular weight is 229 g/mol. The van der Waals surface area contributed by atoms with Gasteiger partial charge in [-0.25, -0.2) is 8.78 Å². The van der Waals surface area contributed by atoms with E-state index in [-0.39, 0.29) is 0 Å². The summed E-state index contributed by atoms with van der Waals surface area (Å²) in [6.45, 7) is -2.13. The minimum atomic E-state index is -4.17. The fourth-order valence-corrected chi connectivity index (χ4v) is 0.232. The van der Waals surface area contributed by atoms with Gasteiger partial charge >= 0.3 is 9.96 Å². The van der Waals surface area contributed by atoms with Crippen molar-refractivity contribution < 1.29 is 17.6 Å². The van der Waals surface area contributed by atoms with Gasteiger partial charge in [-0.15, -0.1) is 0 Å². The summed E-state index contributed by atoms with van der Waals surface area (Å²) in [5.41, 5.74) is 0. The molecule has 0 heterocycles. The summed E-state index contributed by atoms with van der Waals surface area (Å²) in [4.78, 5) is 0. The molecule has 0 N–H and O–H groups in total. The van der Waals surface area contributed by atoms with Crippen LogP contribution in [0.4, 0.5) is 17.6 Å². The van der Waals surface area contributed by atoms with Crippen molar-refractivity contribution in [2.24, 2.45) is 0 Å². The molecular weight excluding hydrogens is 227 g/mol. The molecule has 0 fully saturated rings. The first kappa shape index (κ1) is 9.49. The van der Waals surface area contributed by atoms with Gasteiger partial charge in [-0.2, -0.15) is 8.78 Å². The molecule has 0 spiro atoms. The fourth-order valence-electron chi connectivity index (χ4n) is 0.0758. The predicted molar refractivity (Wildman–Crippen MR) is 29.5 cm³/mol. The molecule has 0 saturated carbocycles. The van der Waals surface area contributed by atoms with E-state index in [1.165, 1.54) is 0 Å². The van der Waals surface area contributed by atoms with Gasteiger partial charge in [-0.05, 0) is 15.9 Å². The third-order valence-electron chi connectivity index (χ3n) is 0.583. The summed E-state index contributed by atoms with van der Waals surface area (Å²) >= 11 is 6.15. The van der Waals surface area contributed by atoms with Crippen molar-refractivity contribution in [2.75, 3.05) is 6.67 Å². The average Bonchev–Trinajstić information content (AvgIpc) is 1.64. The van der Waals surface area contributed by atoms with Crippen LogP contribution in [0.1, 0.15) is 0 Å². The van der Waals surface area contributed by atoms with Crippen molar-refractivity contribution in [1.29, 1.82) is 0 Å². The Kier molecular flexibility index (Phi) is 2.76. The highest BCUT2D eigenvalue weighted by Gasteiger charge is 2.52. The van der Waals surface area contributed by atoms with E-state index in [2.05, 4.69) is 11.6 Å². The Morgan fingerprint density at radius 3 is 1.67 bits per heavy atom. The molecule has 0 amide bonds. The second-order valence-corrected chi connectivity index (χ2v) is 3.41. The van der Waals surface area contributed by atoms with Crippen LogP contribution in [0.15, 0.2) is 0 Å². The van der Waals surface area contributed by atoms with Crippen molar-refractivity contribution in [3.8, 4) is 0 Å². The minimum Gasteiger partial charge on any atom is -0.244 e. The molecule has 1 unspecified atom stereocenters. The molecule has 0 bridgehead atoms. The van der Waals surface area contributed by atoms with Crippen molar-refractivity contribution in [3.63, 3.8) is 0 Å². The van der Waals surface area contributed by atoms with Gasteiger partial charge in [0, 0.05) is 0 Å². The standard InChI is InChI=1S/C3H2BrClF4/c4-3(5,9)2(7,8)1-6/h1H2. The molecule has 56 valence electrons. The first-order valence-electron chi connectivity index (χ1n) is 1.82. The lowest BCUT2D eigenvalue weighted by molar-refractivity contribution is -0.0693. The molecule has 0 saturated heterocycles. The lowest BCUT2D eigenvalue weighted by Crippen LogP contribution is -2.35. The third-order valence-corrected chi connectivity index (χ3v) is 1.44. The van der Waals surface area contributed by atoms with E-state index >= 15 is 0 Å². The molecule has 0 nitrogen and oxygen atoms in total. The second kappa shape index (κ2) is 2.62. The third kappa shape index (κ3) is 2.29. The molecule has 0 aliphatic rings. The Morgan fingerprint density at radius 2 is 1.67 bits per heavy atom. The molecule has 0 aromatic carbocycles. The Balaban J connectivity index is 4.14. The zero-order valence-electron chi connectivity index (χ0n) is 3.97. The van der Waals surface area contributed by atoms with E-state index in [1.54, 1.807) is 15.9 Å². The van der Waals surface area contributed by atoms with Crippen LogP contribution >= 0.6 is 27.5 Å². The summed E-state index contributed by atoms with van der Waals surface area (Å²) in [5, 5.41) is 0. The van der Waals surface area contributed by atoms with Crippen LogP contribution in [0.25, 0.3) is 0 Å². The Morgan fingerprint density at radius 1 is 1.33 bits per heavy atom. The normalized spacial score (nSPS) is 19.3. The van der Waals surface area contributed by atoms with E-state index in [0.717, 1.165) is 0 Å². The fraction of sp³-hybridized carbons (Fsp3) is 1.00. The van der Waals surface area contributed by atoms with Crippen LogP contribution in [-0.2, 0) is 0 Å². The van der Waals surface area contributed by atoms with Gasteiger partial charge < -0.3 is 0 Å². The number of hydrogen-bond donors (Lipinski definition) is 0. The summed E-state index contributed by atoms with van der Waals surface area (Å²) in [6, 6.07) is 0. The molecule has 0 aromatic heterocycles. The van der Waals surface area contributed by atoms with E-state index in [4.69, 9.17) is 0 Å². The van der Waals surface area contributed by atoms with Gasteiger partial charge in [-0.3, -0.25) is 0 Å². The largest absolute Gasteiger partial charge is 0.333 e. The number of halogens is 6. The quantitative estimate of drug-likeness (QED) is 0.504. The van der Waals surface area contributed by atoms with Crippen LogP contribution in [0.2, 0.25) is 0 Å². The number of hydrogen-bond acceptors (Lipinski definition) is 0. The number of rotatable bonds is 2. The second-order valence-electron chi connectivity index (χ2n) is 1.34. The van der Waals surface area contributed by atoms with Crippen LogP contribution in [0.5, 0.6) is 0 Å². The van der Waals surface area contributed by atoms with E-state index in [9.17, 15) is 17.6 Å². The molecule has 6 heteroatoms. The molecule has 0 aliphatic heterocycles. The highest BCUT2D eigenvalue weighted by molar-refractivity contribution is 9.10. The Hall–Kier alpha value is 0.490. The van der Waals surface area contributed by atoms with Crippen LogP contribution in [-0.4, -0.2) is 16.6 Å². The van der Waals surface area contributed by atoms with Crippen molar-refractivity contribution in [3.05, 3.63) is 0 Å². The first-order valence-corrected chi connectivity index (χ1v) is 2.99. The van der Waals surface area contributed by atoms with Gasteiger partial charge in [0.25, 0.3) is 0 Å². The van der Waals surface area contributed by atoms with Crippen molar-refractivity contribution in [1.82, 2.24) is 0 Å². The molecule has 0 rings (SSSR count). The molecule has 9 heavy (non-hydrogen) atoms. The zero-order chi connectivity index (χ0) is 7.71. The topological polar surface area (TPSA) is 0 Å². The van der Waals surface area contributed by atoms with Crippen molar-refractivity contribution >= 4 is 27.5 Å². The monoisotopic (exact) mass is 228 g/mol. The molecule has 1 atom stereocenters. The highest BCUT2D eigenvalue weighted by Crippen LogP contribution is 2.41. The maximum Gasteiger partial charge on any atom is 0.333 e. The number of alkyl halides is 6. The summed E-state index contributed by atoms with van der Waals surface area (Å²) in [5.74, 6) is -4.17. The van der Waals surface area contributed by atoms with Crippen molar-refractivity contribution in [2.45, 2.75) is 9.96 Å². The predicted octanol–water partition coefficient (Wildman–Crippen LogP) is 2.85. The van der Waals surface area contributed by atoms with Gasteiger partial charge in [0.15, 0.2) is 6.67 Å². The van der Waals surface area contributed by atoms with Crippen LogP contribution < -0.4 is 0 Å². The first-order chi connectivity index (χ1) is 3.81. The van der Waals surface area contributed by atoms with Gasteiger partial charge in [-0.1, -0.05) is 11.6 Å². The zero-order valence-corrected chi connectivity index (χ0v) is 6.32. The summed E-state index contributed by atoms with van der Waals surface area (Å²) in [7, 11) is 0. The van der Waals surface area contributed by atoms with Crippen LogP contribution in [0.3, 0.4) is 0 Å². The smallest absolute Gasteiger partial charge is 0.244 e. The molecule has 0 aliphatic carbocycles. The molecule has 0 aromatic rings.